The molecule has 0 saturated carbocycles. The van der Waals surface area contributed by atoms with E-state index in [9.17, 15) is 0 Å². The lowest BCUT2D eigenvalue weighted by Crippen LogP contribution is -2.55. The van der Waals surface area contributed by atoms with Crippen LogP contribution in [0.1, 0.15) is 66.7 Å². The van der Waals surface area contributed by atoms with E-state index >= 15 is 0 Å². The molecule has 2 N–H and O–H groups in total. The quantitative estimate of drug-likeness (QED) is 0.338. The smallest absolute Gasteiger partial charge is 0.374 e. The van der Waals surface area contributed by atoms with Gasteiger partial charge in [0.2, 0.25) is 0 Å². The van der Waals surface area contributed by atoms with Crippen molar-refractivity contribution in [3.05, 3.63) is 0 Å². The summed E-state index contributed by atoms with van der Waals surface area (Å²) in [5, 5.41) is 0. The van der Waals surface area contributed by atoms with Crippen LogP contribution in [-0.2, 0) is 13.3 Å². The van der Waals surface area contributed by atoms with E-state index in [-0.39, 0.29) is 0 Å². The fourth-order valence-corrected chi connectivity index (χ4v) is 5.07. The third-order valence-electron chi connectivity index (χ3n) is 2.95. The fourth-order valence-electron chi connectivity index (χ4n) is 2.17. The maximum Gasteiger partial charge on any atom is 0.502 e. The van der Waals surface area contributed by atoms with Gasteiger partial charge in [-0.1, -0.05) is 33.1 Å². The molecule has 116 valence electrons. The average molecular weight is 292 g/mol. The largest absolute Gasteiger partial charge is 0.502 e. The molecule has 4 nitrogen and oxygen atoms in total. The van der Waals surface area contributed by atoms with Crippen LogP contribution < -0.4 is 5.73 Å². The van der Waals surface area contributed by atoms with Crippen LogP contribution in [0.3, 0.4) is 0 Å². The third kappa shape index (κ3) is 8.04. The minimum absolute atomic E-state index is 0.608. The predicted molar refractivity (Wildman–Crippen MR) is 81.9 cm³/mol. The Bertz CT molecular complexity index is 208. The van der Waals surface area contributed by atoms with Crippen molar-refractivity contribution >= 4 is 8.80 Å². The van der Waals surface area contributed by atoms with Gasteiger partial charge >= 0.3 is 8.80 Å². The van der Waals surface area contributed by atoms with Crippen LogP contribution in [0, 0.1) is 0 Å². The van der Waals surface area contributed by atoms with E-state index in [0.29, 0.717) is 13.2 Å². The molecule has 0 aliphatic rings. The summed E-state index contributed by atoms with van der Waals surface area (Å²) in [6.07, 6.45) is 5.28. The molecule has 0 aromatic heterocycles. The van der Waals surface area contributed by atoms with Gasteiger partial charge in [0.1, 0.15) is 5.72 Å². The maximum absolute atomic E-state index is 6.29. The Morgan fingerprint density at radius 3 is 1.95 bits per heavy atom. The van der Waals surface area contributed by atoms with Gasteiger partial charge in [0.15, 0.2) is 0 Å². The normalized spacial score (nSPS) is 15.5. The summed E-state index contributed by atoms with van der Waals surface area (Å²) in [5.41, 5.74) is 5.64. The van der Waals surface area contributed by atoms with Crippen LogP contribution >= 0.6 is 0 Å². The van der Waals surface area contributed by atoms with Crippen molar-refractivity contribution in [3.8, 4) is 0 Å². The van der Waals surface area contributed by atoms with Crippen LogP contribution in [0.4, 0.5) is 0 Å². The molecular weight excluding hydrogens is 258 g/mol. The molecule has 0 bridgehead atoms. The number of unbranched alkanes of at least 4 members (excludes halogenated alkanes) is 2. The topological polar surface area (TPSA) is 53.7 Å². The second-order valence-electron chi connectivity index (χ2n) is 5.17. The Morgan fingerprint density at radius 1 is 0.947 bits per heavy atom. The number of hydrogen-bond donors (Lipinski definition) is 1. The summed E-state index contributed by atoms with van der Waals surface area (Å²) in [4.78, 5) is 0. The molecule has 0 aromatic rings. The van der Waals surface area contributed by atoms with Crippen molar-refractivity contribution in [2.75, 3.05) is 13.2 Å². The zero-order chi connectivity index (χ0) is 14.8. The molecule has 19 heavy (non-hydrogen) atoms. The van der Waals surface area contributed by atoms with Crippen molar-refractivity contribution in [1.29, 1.82) is 0 Å². The first-order valence-corrected chi connectivity index (χ1v) is 9.65. The molecule has 0 aromatic carbocycles. The lowest BCUT2D eigenvalue weighted by Gasteiger charge is -2.37. The highest BCUT2D eigenvalue weighted by atomic mass is 28.4. The van der Waals surface area contributed by atoms with Gasteiger partial charge in [-0.15, -0.1) is 0 Å². The van der Waals surface area contributed by atoms with Crippen LogP contribution in [-0.4, -0.2) is 27.7 Å². The highest BCUT2D eigenvalue weighted by Gasteiger charge is 2.44. The predicted octanol–water partition coefficient (Wildman–Crippen LogP) is 3.68. The van der Waals surface area contributed by atoms with Gasteiger partial charge in [0.25, 0.3) is 0 Å². The Balaban J connectivity index is 4.65. The molecule has 0 rings (SSSR count). The molecule has 0 spiro atoms. The molecular formula is C14H33NO3Si. The standard InChI is InChI=1S/C14H33NO3Si/c1-6-10-11-12-14(5,15)18-19(13-7-2,16-8-3)17-9-4/h6-13,15H2,1-5H3. The number of hydrogen-bond acceptors (Lipinski definition) is 4. The van der Waals surface area contributed by atoms with Gasteiger partial charge in [-0.05, 0) is 33.6 Å². The summed E-state index contributed by atoms with van der Waals surface area (Å²) >= 11 is 0. The average Bonchev–Trinajstić information content (AvgIpc) is 2.29. The van der Waals surface area contributed by atoms with Gasteiger partial charge < -0.3 is 19.0 Å². The zero-order valence-corrected chi connectivity index (χ0v) is 14.5. The van der Waals surface area contributed by atoms with E-state index < -0.39 is 14.5 Å². The molecule has 1 atom stereocenters. The van der Waals surface area contributed by atoms with Crippen molar-refractivity contribution in [2.45, 2.75) is 78.5 Å². The first-order valence-electron chi connectivity index (χ1n) is 7.72. The van der Waals surface area contributed by atoms with E-state index in [4.69, 9.17) is 19.0 Å². The van der Waals surface area contributed by atoms with E-state index in [1.54, 1.807) is 0 Å². The van der Waals surface area contributed by atoms with E-state index in [1.165, 1.54) is 12.8 Å². The molecule has 0 amide bonds. The monoisotopic (exact) mass is 291 g/mol. The molecule has 1 unspecified atom stereocenters. The second-order valence-corrected chi connectivity index (χ2v) is 7.82. The fraction of sp³-hybridized carbons (Fsp3) is 1.00. The molecule has 0 heterocycles. The number of nitrogens with two attached hydrogens (primary N) is 1. The molecule has 5 heteroatoms. The SMILES string of the molecule is CCCCCC(C)(N)O[Si](CCC)(OCC)OCC. The highest BCUT2D eigenvalue weighted by Crippen LogP contribution is 2.25. The number of rotatable bonds is 12. The minimum atomic E-state index is -2.62. The Hall–Kier alpha value is 0.0569. The Kier molecular flexibility index (Phi) is 9.91. The van der Waals surface area contributed by atoms with E-state index in [0.717, 1.165) is 25.3 Å². The first kappa shape index (κ1) is 19.1. The van der Waals surface area contributed by atoms with Crippen molar-refractivity contribution in [3.63, 3.8) is 0 Å². The molecule has 0 fully saturated rings. The molecule has 0 aliphatic heterocycles. The Morgan fingerprint density at radius 2 is 1.53 bits per heavy atom. The second kappa shape index (κ2) is 9.88. The van der Waals surface area contributed by atoms with Gasteiger partial charge in [0.05, 0.1) is 0 Å². The van der Waals surface area contributed by atoms with Crippen molar-refractivity contribution < 1.29 is 13.3 Å². The van der Waals surface area contributed by atoms with Crippen molar-refractivity contribution in [2.24, 2.45) is 5.73 Å². The van der Waals surface area contributed by atoms with Crippen LogP contribution in [0.2, 0.25) is 6.04 Å². The summed E-state index contributed by atoms with van der Waals surface area (Å²) < 4.78 is 17.9. The van der Waals surface area contributed by atoms with Gasteiger partial charge in [-0.3, -0.25) is 0 Å². The molecule has 0 radical (unpaired) electrons. The minimum Gasteiger partial charge on any atom is -0.374 e. The summed E-state index contributed by atoms with van der Waals surface area (Å²) in [7, 11) is -2.62. The highest BCUT2D eigenvalue weighted by molar-refractivity contribution is 6.60. The third-order valence-corrected chi connectivity index (χ3v) is 6.30. The first-order chi connectivity index (χ1) is 8.95. The molecule has 0 aliphatic carbocycles. The maximum atomic E-state index is 6.29. The van der Waals surface area contributed by atoms with E-state index in [2.05, 4.69) is 13.8 Å². The van der Waals surface area contributed by atoms with Crippen LogP contribution in [0.15, 0.2) is 0 Å². The van der Waals surface area contributed by atoms with Crippen LogP contribution in [0.25, 0.3) is 0 Å². The van der Waals surface area contributed by atoms with Gasteiger partial charge in [-0.2, -0.15) is 0 Å². The molecule has 0 saturated heterocycles. The Labute approximate surface area is 120 Å². The summed E-state index contributed by atoms with van der Waals surface area (Å²) in [6.45, 7) is 11.4. The van der Waals surface area contributed by atoms with Crippen LogP contribution in [0.5, 0.6) is 0 Å². The van der Waals surface area contributed by atoms with Crippen molar-refractivity contribution in [1.82, 2.24) is 0 Å². The van der Waals surface area contributed by atoms with Gasteiger partial charge in [0, 0.05) is 19.3 Å². The summed E-state index contributed by atoms with van der Waals surface area (Å²) in [6, 6.07) is 0.829. The summed E-state index contributed by atoms with van der Waals surface area (Å²) in [5.74, 6) is 0. The van der Waals surface area contributed by atoms with E-state index in [1.807, 2.05) is 20.8 Å². The lowest BCUT2D eigenvalue weighted by molar-refractivity contribution is -0.0225. The van der Waals surface area contributed by atoms with Gasteiger partial charge in [-0.25, -0.2) is 0 Å². The zero-order valence-electron chi connectivity index (χ0n) is 13.5. The lowest BCUT2D eigenvalue weighted by atomic mass is 10.1.